The molecule has 2 aromatic rings. The lowest BCUT2D eigenvalue weighted by atomic mass is 9.88. The van der Waals surface area contributed by atoms with Gasteiger partial charge < -0.3 is 10.0 Å². The van der Waals surface area contributed by atoms with Crippen LogP contribution in [0.2, 0.25) is 0 Å². The summed E-state index contributed by atoms with van der Waals surface area (Å²) in [4.78, 5) is 26.7. The van der Waals surface area contributed by atoms with Gasteiger partial charge in [-0.3, -0.25) is 9.59 Å². The molecule has 0 radical (unpaired) electrons. The highest BCUT2D eigenvalue weighted by atomic mass is 19.1. The van der Waals surface area contributed by atoms with Crippen molar-refractivity contribution in [2.75, 3.05) is 13.1 Å². The number of likely N-dealkylation sites (tertiary alicyclic amines) is 1. The number of phenolic OH excluding ortho intramolecular Hbond substituents is 1. The predicted octanol–water partition coefficient (Wildman–Crippen LogP) is 4.53. The molecule has 1 N–H and O–H groups in total. The van der Waals surface area contributed by atoms with Gasteiger partial charge in [0.05, 0.1) is 5.56 Å². The number of aromatic hydroxyl groups is 1. The van der Waals surface area contributed by atoms with E-state index < -0.39 is 23.3 Å². The van der Waals surface area contributed by atoms with E-state index in [0.29, 0.717) is 43.5 Å². The Morgan fingerprint density at radius 1 is 1.04 bits per heavy atom. The number of nitrogens with zero attached hydrogens (tertiary/aromatic N) is 1. The minimum atomic E-state index is -1.11. The lowest BCUT2D eigenvalue weighted by Crippen LogP contribution is -2.40. The van der Waals surface area contributed by atoms with Gasteiger partial charge in [0, 0.05) is 30.6 Å². The van der Waals surface area contributed by atoms with E-state index >= 15 is 0 Å². The normalized spacial score (nSPS) is 15.1. The van der Waals surface area contributed by atoms with Crippen LogP contribution in [-0.2, 0) is 0 Å². The van der Waals surface area contributed by atoms with Crippen molar-refractivity contribution in [3.05, 3.63) is 64.7 Å². The van der Waals surface area contributed by atoms with Crippen LogP contribution in [0.4, 0.5) is 8.78 Å². The molecule has 1 aliphatic heterocycles. The van der Waals surface area contributed by atoms with Gasteiger partial charge >= 0.3 is 0 Å². The number of carbonyl (C=O) groups is 2. The maximum Gasteiger partial charge on any atom is 0.256 e. The number of benzene rings is 2. The van der Waals surface area contributed by atoms with Crippen molar-refractivity contribution >= 4 is 11.7 Å². The van der Waals surface area contributed by atoms with E-state index in [1.54, 1.807) is 0 Å². The van der Waals surface area contributed by atoms with Gasteiger partial charge in [-0.15, -0.1) is 0 Å². The summed E-state index contributed by atoms with van der Waals surface area (Å²) >= 11 is 0. The van der Waals surface area contributed by atoms with Gasteiger partial charge in [-0.25, -0.2) is 8.78 Å². The smallest absolute Gasteiger partial charge is 0.256 e. The van der Waals surface area contributed by atoms with Crippen LogP contribution in [0.3, 0.4) is 0 Å². The summed E-state index contributed by atoms with van der Waals surface area (Å²) in [7, 11) is 0. The quantitative estimate of drug-likeness (QED) is 0.785. The fourth-order valence-corrected chi connectivity index (χ4v) is 3.48. The fraction of sp³-hybridized carbons (Fsp3) is 0.364. The van der Waals surface area contributed by atoms with Crippen LogP contribution in [0.15, 0.2) is 36.4 Å². The number of hydrogen-bond acceptors (Lipinski definition) is 3. The van der Waals surface area contributed by atoms with Crippen molar-refractivity contribution in [3.63, 3.8) is 0 Å². The molecule has 3 rings (SSSR count). The molecule has 28 heavy (non-hydrogen) atoms. The van der Waals surface area contributed by atoms with Crippen molar-refractivity contribution in [1.29, 1.82) is 0 Å². The Morgan fingerprint density at radius 2 is 1.64 bits per heavy atom. The second kappa shape index (κ2) is 8.09. The summed E-state index contributed by atoms with van der Waals surface area (Å²) in [6.07, 6.45) is 0.955. The van der Waals surface area contributed by atoms with Crippen LogP contribution in [-0.4, -0.2) is 34.8 Å². The zero-order chi connectivity index (χ0) is 20.4. The first kappa shape index (κ1) is 20.0. The van der Waals surface area contributed by atoms with E-state index in [0.717, 1.165) is 6.07 Å². The second-order valence-corrected chi connectivity index (χ2v) is 7.49. The molecule has 0 atom stereocenters. The molecule has 1 heterocycles. The van der Waals surface area contributed by atoms with E-state index in [-0.39, 0.29) is 17.3 Å². The van der Waals surface area contributed by atoms with Crippen LogP contribution >= 0.6 is 0 Å². The molecule has 0 bridgehead atoms. The number of halogens is 2. The summed E-state index contributed by atoms with van der Waals surface area (Å²) in [5.41, 5.74) is 1.46. The van der Waals surface area contributed by atoms with Crippen LogP contribution in [0.1, 0.15) is 58.9 Å². The number of rotatable bonds is 4. The molecule has 1 saturated heterocycles. The number of Topliss-reactive ketones (excluding diaryl/α,β-unsaturated/α-hetero) is 1. The monoisotopic (exact) mass is 387 g/mol. The summed E-state index contributed by atoms with van der Waals surface area (Å²) in [6, 6.07) is 8.90. The minimum absolute atomic E-state index is 0.0491. The average molecular weight is 387 g/mol. The van der Waals surface area contributed by atoms with Crippen molar-refractivity contribution < 1.29 is 23.5 Å². The maximum absolute atomic E-state index is 13.9. The van der Waals surface area contributed by atoms with E-state index in [9.17, 15) is 23.5 Å². The topological polar surface area (TPSA) is 57.6 Å². The molecule has 0 saturated carbocycles. The van der Waals surface area contributed by atoms with Crippen LogP contribution in [0.25, 0.3) is 0 Å². The molecule has 2 aromatic carbocycles. The van der Waals surface area contributed by atoms with E-state index in [2.05, 4.69) is 13.8 Å². The van der Waals surface area contributed by atoms with Crippen molar-refractivity contribution in [3.8, 4) is 5.75 Å². The highest BCUT2D eigenvalue weighted by Gasteiger charge is 2.30. The van der Waals surface area contributed by atoms with Crippen molar-refractivity contribution in [1.82, 2.24) is 4.90 Å². The fourth-order valence-electron chi connectivity index (χ4n) is 3.48. The third kappa shape index (κ3) is 4.06. The Labute approximate surface area is 162 Å². The molecule has 0 aliphatic carbocycles. The highest BCUT2D eigenvalue weighted by molar-refractivity contribution is 5.98. The average Bonchev–Trinajstić information content (AvgIpc) is 2.70. The Balaban J connectivity index is 1.64. The first-order valence-corrected chi connectivity index (χ1v) is 9.39. The third-order valence-electron chi connectivity index (χ3n) is 5.28. The molecule has 1 fully saturated rings. The predicted molar refractivity (Wildman–Crippen MR) is 102 cm³/mol. The van der Waals surface area contributed by atoms with Gasteiger partial charge in [-0.1, -0.05) is 38.1 Å². The molecule has 1 aliphatic rings. The Kier molecular flexibility index (Phi) is 5.77. The number of ketones is 1. The Morgan fingerprint density at radius 3 is 2.21 bits per heavy atom. The molecule has 148 valence electrons. The highest BCUT2D eigenvalue weighted by Crippen LogP contribution is 2.26. The molecule has 1 amide bonds. The molecular formula is C22H23F2NO3. The third-order valence-corrected chi connectivity index (χ3v) is 5.28. The van der Waals surface area contributed by atoms with Crippen molar-refractivity contribution in [2.24, 2.45) is 5.92 Å². The number of hydrogen-bond donors (Lipinski definition) is 1. The van der Waals surface area contributed by atoms with Gasteiger partial charge in [0.15, 0.2) is 17.3 Å². The van der Waals surface area contributed by atoms with E-state index in [4.69, 9.17) is 0 Å². The first-order chi connectivity index (χ1) is 13.3. The molecule has 0 aromatic heterocycles. The first-order valence-electron chi connectivity index (χ1n) is 9.39. The van der Waals surface area contributed by atoms with Crippen LogP contribution in [0, 0.1) is 17.6 Å². The molecule has 4 nitrogen and oxygen atoms in total. The van der Waals surface area contributed by atoms with Crippen LogP contribution < -0.4 is 0 Å². The lowest BCUT2D eigenvalue weighted by molar-refractivity contribution is 0.0646. The Bertz CT molecular complexity index is 885. The summed E-state index contributed by atoms with van der Waals surface area (Å²) in [5.74, 6) is -3.25. The number of phenols is 1. The molecule has 0 unspecified atom stereocenters. The number of amides is 1. The van der Waals surface area contributed by atoms with Gasteiger partial charge in [-0.2, -0.15) is 0 Å². The second-order valence-electron chi connectivity index (χ2n) is 7.49. The maximum atomic E-state index is 13.9. The summed E-state index contributed by atoms with van der Waals surface area (Å²) in [6.45, 7) is 4.79. The zero-order valence-corrected chi connectivity index (χ0v) is 15.9. The van der Waals surface area contributed by atoms with Gasteiger partial charge in [-0.05, 0) is 30.4 Å². The summed E-state index contributed by atoms with van der Waals surface area (Å²) < 4.78 is 27.1. The molecular weight excluding hydrogens is 364 g/mol. The SMILES string of the molecule is CC(C)c1ccc(C(=O)C2CCN(C(=O)c3cc(O)c(F)cc3F)CC2)cc1. The number of carbonyl (C=O) groups excluding carboxylic acids is 2. The molecule has 6 heteroatoms. The largest absolute Gasteiger partial charge is 0.505 e. The van der Waals surface area contributed by atoms with E-state index in [1.807, 2.05) is 24.3 Å². The number of piperidine rings is 1. The molecule has 0 spiro atoms. The standard InChI is InChI=1S/C22H23F2NO3/c1-13(2)14-3-5-15(6-4-14)21(27)16-7-9-25(10-8-16)22(28)17-11-20(26)19(24)12-18(17)23/h3-6,11-13,16,26H,7-10H2,1-2H3. The van der Waals surface area contributed by atoms with Gasteiger partial charge in [0.1, 0.15) is 5.82 Å². The van der Waals surface area contributed by atoms with Crippen LogP contribution in [0.5, 0.6) is 5.75 Å². The Hall–Kier alpha value is -2.76. The minimum Gasteiger partial charge on any atom is -0.505 e. The van der Waals surface area contributed by atoms with Gasteiger partial charge in [0.2, 0.25) is 0 Å². The zero-order valence-electron chi connectivity index (χ0n) is 15.9. The van der Waals surface area contributed by atoms with Gasteiger partial charge in [0.25, 0.3) is 5.91 Å². The van der Waals surface area contributed by atoms with Crippen molar-refractivity contribution in [2.45, 2.75) is 32.6 Å². The van der Waals surface area contributed by atoms with E-state index in [1.165, 1.54) is 10.5 Å². The lowest BCUT2D eigenvalue weighted by Gasteiger charge is -2.31. The summed E-state index contributed by atoms with van der Waals surface area (Å²) in [5, 5.41) is 9.41.